The van der Waals surface area contributed by atoms with E-state index in [-0.39, 0.29) is 25.5 Å². The van der Waals surface area contributed by atoms with Gasteiger partial charge in [-0.2, -0.15) is 0 Å². The minimum absolute atomic E-state index is 0.00526. The van der Waals surface area contributed by atoms with Gasteiger partial charge in [-0.1, -0.05) is 121 Å². The zero-order valence-electron chi connectivity index (χ0n) is 19.8. The summed E-state index contributed by atoms with van der Waals surface area (Å²) >= 11 is 0. The van der Waals surface area contributed by atoms with Crippen LogP contribution in [0.4, 0.5) is 0 Å². The second kappa shape index (κ2) is 12.5. The summed E-state index contributed by atoms with van der Waals surface area (Å²) in [4.78, 5) is 0. The lowest BCUT2D eigenvalue weighted by Gasteiger charge is -2.18. The molecule has 36 heavy (non-hydrogen) atoms. The molecule has 0 saturated heterocycles. The Kier molecular flexibility index (Phi) is 9.21. The Morgan fingerprint density at radius 1 is 0.472 bits per heavy atom. The molecule has 184 valence electrons. The largest absolute Gasteiger partial charge is 0.697 e. The summed E-state index contributed by atoms with van der Waals surface area (Å²) in [5, 5.41) is 2.90. The lowest BCUT2D eigenvalue weighted by atomic mass is 10.4. The Morgan fingerprint density at radius 2 is 0.722 bits per heavy atom. The van der Waals surface area contributed by atoms with Crippen LogP contribution in [0, 0.1) is 0 Å². The van der Waals surface area contributed by atoms with Gasteiger partial charge in [0.2, 0.25) is 0 Å². The van der Waals surface area contributed by atoms with Crippen molar-refractivity contribution in [3.8, 4) is 0 Å². The third kappa shape index (κ3) is 6.37. The van der Waals surface area contributed by atoms with Crippen LogP contribution in [0.25, 0.3) is 0 Å². The van der Waals surface area contributed by atoms with Gasteiger partial charge in [0.1, 0.15) is 27.5 Å². The van der Waals surface area contributed by atoms with Crippen molar-refractivity contribution in [1.29, 1.82) is 0 Å². The summed E-state index contributed by atoms with van der Waals surface area (Å²) in [7, 11) is -8.39. The Labute approximate surface area is 213 Å². The smallest absolute Gasteiger partial charge is 0.314 e. The fourth-order valence-electron chi connectivity index (χ4n) is 4.01. The Bertz CT molecular complexity index is 1160. The number of hydrogen-bond donors (Lipinski definition) is 0. The second-order valence-corrected chi connectivity index (χ2v) is 15.0. The third-order valence-corrected chi connectivity index (χ3v) is 12.8. The molecular formula is C28H28O5P3+. The van der Waals surface area contributed by atoms with Crippen LogP contribution in [0.15, 0.2) is 121 Å². The van der Waals surface area contributed by atoms with Crippen LogP contribution >= 0.6 is 22.5 Å². The van der Waals surface area contributed by atoms with Gasteiger partial charge in [0.25, 0.3) is 0 Å². The zero-order valence-corrected chi connectivity index (χ0v) is 22.4. The first-order chi connectivity index (χ1) is 17.5. The summed E-state index contributed by atoms with van der Waals surface area (Å²) in [5.74, 6) is 0. The molecule has 0 heterocycles. The normalized spacial score (nSPS) is 11.8. The standard InChI is InChI=1S/C28H28O5P3/c29-34(32-21-23-35(30,25-13-5-1-6-14-25)26-15-7-2-8-16-26)33-22-24-36(31,27-17-9-3-10-18-27)28-19-11-4-12-20-28/h1-20H,21-24H2/q+1. The first-order valence-corrected chi connectivity index (χ1v) is 16.5. The van der Waals surface area contributed by atoms with E-state index in [0.29, 0.717) is 0 Å². The van der Waals surface area contributed by atoms with Crippen molar-refractivity contribution in [2.45, 2.75) is 0 Å². The SMILES string of the molecule is O=[P+](OCCP(=O)(c1ccccc1)c1ccccc1)OCCP(=O)(c1ccccc1)c1ccccc1. The van der Waals surface area contributed by atoms with Crippen LogP contribution in [-0.2, 0) is 22.7 Å². The molecule has 4 rings (SSSR count). The minimum Gasteiger partial charge on any atom is -0.314 e. The van der Waals surface area contributed by atoms with Crippen molar-refractivity contribution in [1.82, 2.24) is 0 Å². The summed E-state index contributed by atoms with van der Waals surface area (Å²) in [6, 6.07) is 37.1. The fourth-order valence-corrected chi connectivity index (χ4v) is 9.80. The van der Waals surface area contributed by atoms with E-state index >= 15 is 0 Å². The van der Waals surface area contributed by atoms with Gasteiger partial charge in [-0.15, -0.1) is 9.05 Å². The van der Waals surface area contributed by atoms with Gasteiger partial charge in [-0.3, -0.25) is 0 Å². The lowest BCUT2D eigenvalue weighted by Crippen LogP contribution is -2.20. The molecule has 5 nitrogen and oxygen atoms in total. The number of benzene rings is 4. The molecule has 0 amide bonds. The van der Waals surface area contributed by atoms with E-state index in [0.717, 1.165) is 21.2 Å². The molecule has 0 aliphatic carbocycles. The van der Waals surface area contributed by atoms with Gasteiger partial charge in [-0.05, 0) is 0 Å². The summed E-state index contributed by atoms with van der Waals surface area (Å²) in [6.45, 7) is 0.0105. The highest BCUT2D eigenvalue weighted by Gasteiger charge is 2.32. The lowest BCUT2D eigenvalue weighted by molar-refractivity contribution is 0.244. The molecule has 0 fully saturated rings. The Balaban J connectivity index is 1.38. The van der Waals surface area contributed by atoms with E-state index in [1.807, 2.05) is 121 Å². The van der Waals surface area contributed by atoms with Crippen LogP contribution in [0.2, 0.25) is 0 Å². The van der Waals surface area contributed by atoms with E-state index in [4.69, 9.17) is 9.05 Å². The molecule has 0 aliphatic heterocycles. The molecule has 0 aromatic heterocycles. The van der Waals surface area contributed by atoms with E-state index in [9.17, 15) is 13.7 Å². The van der Waals surface area contributed by atoms with Crippen molar-refractivity contribution in [3.05, 3.63) is 121 Å². The summed E-state index contributed by atoms with van der Waals surface area (Å²) < 4.78 is 51.4. The van der Waals surface area contributed by atoms with E-state index in [1.165, 1.54) is 0 Å². The average molecular weight is 537 g/mol. The topological polar surface area (TPSA) is 69.7 Å². The maximum absolute atomic E-state index is 14.0. The summed E-state index contributed by atoms with van der Waals surface area (Å²) in [6.07, 6.45) is 0.385. The highest BCUT2D eigenvalue weighted by atomic mass is 31.2. The van der Waals surface area contributed by atoms with Gasteiger partial charge in [-0.25, -0.2) is 0 Å². The molecule has 0 atom stereocenters. The Hall–Kier alpha value is -2.64. The van der Waals surface area contributed by atoms with Crippen LogP contribution in [-0.4, -0.2) is 25.5 Å². The van der Waals surface area contributed by atoms with Crippen molar-refractivity contribution in [3.63, 3.8) is 0 Å². The Morgan fingerprint density at radius 3 is 0.972 bits per heavy atom. The second-order valence-electron chi connectivity index (χ2n) is 8.16. The van der Waals surface area contributed by atoms with Crippen molar-refractivity contribution < 1.29 is 22.7 Å². The first kappa shape index (κ1) is 26.4. The average Bonchev–Trinajstić information content (AvgIpc) is 2.95. The van der Waals surface area contributed by atoms with Gasteiger partial charge in [0.15, 0.2) is 0 Å². The van der Waals surface area contributed by atoms with Crippen LogP contribution in [0.5, 0.6) is 0 Å². The molecule has 4 aromatic carbocycles. The minimum atomic E-state index is -2.97. The summed E-state index contributed by atoms with van der Waals surface area (Å²) in [5.41, 5.74) is 0. The number of rotatable bonds is 12. The van der Waals surface area contributed by atoms with Crippen LogP contribution < -0.4 is 21.2 Å². The predicted molar refractivity (Wildman–Crippen MR) is 149 cm³/mol. The quantitative estimate of drug-likeness (QED) is 0.217. The molecule has 0 bridgehead atoms. The zero-order chi connectivity index (χ0) is 25.3. The van der Waals surface area contributed by atoms with Crippen molar-refractivity contribution in [2.75, 3.05) is 25.5 Å². The maximum atomic E-state index is 14.0. The highest BCUT2D eigenvalue weighted by molar-refractivity contribution is 7.79. The molecule has 4 aromatic rings. The molecule has 0 radical (unpaired) electrons. The van der Waals surface area contributed by atoms with Crippen LogP contribution in [0.3, 0.4) is 0 Å². The molecule has 0 aliphatic rings. The van der Waals surface area contributed by atoms with Gasteiger partial charge in [0, 0.05) is 38.1 Å². The maximum Gasteiger partial charge on any atom is 0.697 e. The monoisotopic (exact) mass is 537 g/mol. The third-order valence-electron chi connectivity index (χ3n) is 5.90. The molecular weight excluding hydrogens is 509 g/mol. The van der Waals surface area contributed by atoms with Crippen molar-refractivity contribution in [2.24, 2.45) is 0 Å². The fraction of sp³-hybridized carbons (Fsp3) is 0.143. The van der Waals surface area contributed by atoms with Gasteiger partial charge in [0.05, 0.1) is 0 Å². The highest BCUT2D eigenvalue weighted by Crippen LogP contribution is 2.45. The molecule has 0 spiro atoms. The van der Waals surface area contributed by atoms with E-state index < -0.39 is 22.5 Å². The molecule has 8 heteroatoms. The number of hydrogen-bond acceptors (Lipinski definition) is 5. The first-order valence-electron chi connectivity index (χ1n) is 11.7. The molecule has 0 saturated carbocycles. The van der Waals surface area contributed by atoms with Crippen molar-refractivity contribution >= 4 is 43.8 Å². The van der Waals surface area contributed by atoms with Gasteiger partial charge < -0.3 is 9.13 Å². The van der Waals surface area contributed by atoms with Gasteiger partial charge >= 0.3 is 8.25 Å². The molecule has 0 unspecified atom stereocenters. The molecule has 0 N–H and O–H groups in total. The predicted octanol–water partition coefficient (Wildman–Crippen LogP) is 5.71. The van der Waals surface area contributed by atoms with Crippen LogP contribution in [0.1, 0.15) is 0 Å². The van der Waals surface area contributed by atoms with E-state index in [2.05, 4.69) is 0 Å². The van der Waals surface area contributed by atoms with E-state index in [1.54, 1.807) is 0 Å².